The van der Waals surface area contributed by atoms with Crippen molar-refractivity contribution >= 4 is 50.7 Å². The van der Waals surface area contributed by atoms with Gasteiger partial charge in [0.05, 0.1) is 11.9 Å². The average Bonchev–Trinajstić information content (AvgIpc) is 2.50. The first-order chi connectivity index (χ1) is 10.7. The molecule has 0 aliphatic rings. The minimum atomic E-state index is 0.388. The Labute approximate surface area is 140 Å². The number of benzene rings is 2. The lowest BCUT2D eigenvalue weighted by Crippen LogP contribution is -2.02. The van der Waals surface area contributed by atoms with E-state index in [2.05, 4.69) is 41.7 Å². The zero-order chi connectivity index (χ0) is 15.4. The molecule has 0 radical (unpaired) electrons. The van der Waals surface area contributed by atoms with E-state index in [1.165, 1.54) is 0 Å². The minimum Gasteiger partial charge on any atom is -0.338 e. The number of nitrogens with one attached hydrogen (secondary N) is 2. The molecule has 0 aliphatic heterocycles. The Kier molecular flexibility index (Phi) is 4.50. The normalized spacial score (nSPS) is 10.3. The molecule has 2 N–H and O–H groups in total. The molecule has 0 atom stereocenters. The van der Waals surface area contributed by atoms with Crippen molar-refractivity contribution in [2.45, 2.75) is 0 Å². The molecule has 0 unspecified atom stereocenters. The third-order valence-corrected chi connectivity index (χ3v) is 3.70. The lowest BCUT2D eigenvalue weighted by atomic mass is 10.3. The van der Waals surface area contributed by atoms with E-state index in [9.17, 15) is 0 Å². The summed E-state index contributed by atoms with van der Waals surface area (Å²) in [5, 5.41) is 14.8. The molecule has 2 aromatic carbocycles. The fourth-order valence-corrected chi connectivity index (χ4v) is 2.39. The monoisotopic (exact) mass is 375 g/mol. The number of hydrogen-bond donors (Lipinski definition) is 2. The molecular formula is C15H11BrClN5. The van der Waals surface area contributed by atoms with E-state index < -0.39 is 0 Å². The molecule has 3 rings (SSSR count). The van der Waals surface area contributed by atoms with Crippen LogP contribution in [0.2, 0.25) is 5.02 Å². The fourth-order valence-electron chi connectivity index (χ4n) is 1.81. The van der Waals surface area contributed by atoms with Crippen LogP contribution in [0.3, 0.4) is 0 Å². The molecule has 7 heteroatoms. The van der Waals surface area contributed by atoms with Gasteiger partial charge in [-0.3, -0.25) is 0 Å². The molecule has 3 aromatic rings. The summed E-state index contributed by atoms with van der Waals surface area (Å²) in [6, 6.07) is 15.1. The van der Waals surface area contributed by atoms with Crippen molar-refractivity contribution in [3.05, 3.63) is 64.2 Å². The van der Waals surface area contributed by atoms with Gasteiger partial charge in [-0.05, 0) is 46.3 Å². The summed E-state index contributed by atoms with van der Waals surface area (Å²) in [5.74, 6) is 0.978. The van der Waals surface area contributed by atoms with Crippen LogP contribution < -0.4 is 10.6 Å². The van der Waals surface area contributed by atoms with Gasteiger partial charge < -0.3 is 10.6 Å². The van der Waals surface area contributed by atoms with Gasteiger partial charge in [0.25, 0.3) is 0 Å². The summed E-state index contributed by atoms with van der Waals surface area (Å²) in [6.07, 6.45) is 1.56. The van der Waals surface area contributed by atoms with E-state index in [0.29, 0.717) is 16.8 Å². The maximum atomic E-state index is 5.95. The van der Waals surface area contributed by atoms with Crippen molar-refractivity contribution in [2.75, 3.05) is 10.6 Å². The molecule has 0 bridgehead atoms. The Morgan fingerprint density at radius 3 is 2.68 bits per heavy atom. The molecule has 0 amide bonds. The van der Waals surface area contributed by atoms with Gasteiger partial charge in [0.2, 0.25) is 5.95 Å². The number of aromatic nitrogens is 3. The average molecular weight is 377 g/mol. The van der Waals surface area contributed by atoms with E-state index in [1.807, 2.05) is 36.4 Å². The van der Waals surface area contributed by atoms with Gasteiger partial charge in [-0.25, -0.2) is 0 Å². The van der Waals surface area contributed by atoms with Gasteiger partial charge in [-0.1, -0.05) is 29.8 Å². The number of para-hydroxylation sites is 1. The van der Waals surface area contributed by atoms with Gasteiger partial charge in [0.15, 0.2) is 5.82 Å². The van der Waals surface area contributed by atoms with Gasteiger partial charge in [-0.15, -0.1) is 5.10 Å². The Bertz CT molecular complexity index is 796. The molecule has 22 heavy (non-hydrogen) atoms. The third-order valence-electron chi connectivity index (χ3n) is 2.78. The topological polar surface area (TPSA) is 62.7 Å². The van der Waals surface area contributed by atoms with Gasteiger partial charge >= 0.3 is 0 Å². The van der Waals surface area contributed by atoms with Crippen molar-refractivity contribution in [1.82, 2.24) is 15.2 Å². The van der Waals surface area contributed by atoms with E-state index in [4.69, 9.17) is 11.6 Å². The van der Waals surface area contributed by atoms with Gasteiger partial charge in [0, 0.05) is 15.2 Å². The second-order valence-electron chi connectivity index (χ2n) is 4.41. The Morgan fingerprint density at radius 2 is 1.86 bits per heavy atom. The highest BCUT2D eigenvalue weighted by atomic mass is 79.9. The minimum absolute atomic E-state index is 0.388. The second kappa shape index (κ2) is 6.72. The van der Waals surface area contributed by atoms with E-state index >= 15 is 0 Å². The van der Waals surface area contributed by atoms with E-state index in [0.717, 1.165) is 15.8 Å². The third kappa shape index (κ3) is 3.72. The van der Waals surface area contributed by atoms with E-state index in [1.54, 1.807) is 18.3 Å². The van der Waals surface area contributed by atoms with Crippen LogP contribution in [0.15, 0.2) is 59.2 Å². The highest BCUT2D eigenvalue weighted by molar-refractivity contribution is 9.10. The molecule has 1 aromatic heterocycles. The van der Waals surface area contributed by atoms with Crippen LogP contribution in [0.1, 0.15) is 0 Å². The van der Waals surface area contributed by atoms with Crippen molar-refractivity contribution in [1.29, 1.82) is 0 Å². The van der Waals surface area contributed by atoms with Crippen LogP contribution in [0.25, 0.3) is 0 Å². The Balaban J connectivity index is 1.79. The number of hydrogen-bond acceptors (Lipinski definition) is 5. The van der Waals surface area contributed by atoms with Crippen molar-refractivity contribution in [3.8, 4) is 0 Å². The summed E-state index contributed by atoms with van der Waals surface area (Å²) >= 11 is 9.43. The van der Waals surface area contributed by atoms with Gasteiger partial charge in [0.1, 0.15) is 0 Å². The predicted molar refractivity (Wildman–Crippen MR) is 92.0 cm³/mol. The van der Waals surface area contributed by atoms with Crippen LogP contribution in [0.5, 0.6) is 0 Å². The lowest BCUT2D eigenvalue weighted by molar-refractivity contribution is 0.982. The first kappa shape index (κ1) is 14.7. The zero-order valence-electron chi connectivity index (χ0n) is 11.3. The van der Waals surface area contributed by atoms with Gasteiger partial charge in [-0.2, -0.15) is 10.1 Å². The molecule has 110 valence electrons. The molecule has 0 saturated heterocycles. The van der Waals surface area contributed by atoms with Crippen LogP contribution in [0.4, 0.5) is 23.1 Å². The molecule has 1 heterocycles. The number of halogens is 2. The molecule has 0 spiro atoms. The first-order valence-corrected chi connectivity index (χ1v) is 7.62. The summed E-state index contributed by atoms with van der Waals surface area (Å²) in [7, 11) is 0. The van der Waals surface area contributed by atoms with Crippen molar-refractivity contribution in [2.24, 2.45) is 0 Å². The summed E-state index contributed by atoms with van der Waals surface area (Å²) in [4.78, 5) is 4.37. The second-order valence-corrected chi connectivity index (χ2v) is 5.70. The smallest absolute Gasteiger partial charge is 0.249 e. The Morgan fingerprint density at radius 1 is 1.00 bits per heavy atom. The fraction of sp³-hybridized carbons (Fsp3) is 0. The van der Waals surface area contributed by atoms with Crippen LogP contribution in [0, 0.1) is 0 Å². The highest BCUT2D eigenvalue weighted by Gasteiger charge is 2.04. The van der Waals surface area contributed by atoms with Crippen LogP contribution in [-0.4, -0.2) is 15.2 Å². The summed E-state index contributed by atoms with van der Waals surface area (Å²) in [6.45, 7) is 0. The quantitative estimate of drug-likeness (QED) is 0.686. The molecule has 0 fully saturated rings. The van der Waals surface area contributed by atoms with Crippen LogP contribution in [-0.2, 0) is 0 Å². The lowest BCUT2D eigenvalue weighted by Gasteiger charge is -2.09. The predicted octanol–water partition coefficient (Wildman–Crippen LogP) is 4.77. The standard InChI is InChI=1S/C15H11BrClN5/c16-12-6-1-2-7-13(12)20-14-9-18-22-15(21-14)19-11-5-3-4-10(17)8-11/h1-9H,(H2,19,20,21,22). The maximum Gasteiger partial charge on any atom is 0.249 e. The van der Waals surface area contributed by atoms with E-state index in [-0.39, 0.29) is 0 Å². The number of nitrogens with zero attached hydrogens (tertiary/aromatic N) is 3. The number of anilines is 4. The highest BCUT2D eigenvalue weighted by Crippen LogP contribution is 2.24. The molecule has 5 nitrogen and oxygen atoms in total. The SMILES string of the molecule is Clc1cccc(Nc2nncc(Nc3ccccc3Br)n2)c1. The van der Waals surface area contributed by atoms with Crippen LogP contribution >= 0.6 is 27.5 Å². The van der Waals surface area contributed by atoms with Crippen molar-refractivity contribution in [3.63, 3.8) is 0 Å². The Hall–Kier alpha value is -2.18. The summed E-state index contributed by atoms with van der Waals surface area (Å²) in [5.41, 5.74) is 1.70. The van der Waals surface area contributed by atoms with Crippen molar-refractivity contribution < 1.29 is 0 Å². The summed E-state index contributed by atoms with van der Waals surface area (Å²) < 4.78 is 0.943. The molecule has 0 aliphatic carbocycles. The largest absolute Gasteiger partial charge is 0.338 e. The maximum absolute atomic E-state index is 5.95. The first-order valence-electron chi connectivity index (χ1n) is 6.44. The zero-order valence-corrected chi connectivity index (χ0v) is 13.6. The molecule has 0 saturated carbocycles. The molecular weight excluding hydrogens is 366 g/mol. The number of rotatable bonds is 4.